The van der Waals surface area contributed by atoms with Gasteiger partial charge in [-0.05, 0) is 13.8 Å². The predicted molar refractivity (Wildman–Crippen MR) is 59.9 cm³/mol. The van der Waals surface area contributed by atoms with Crippen LogP contribution in [0, 0.1) is 0 Å². The molecule has 1 aromatic rings. The van der Waals surface area contributed by atoms with E-state index in [9.17, 15) is 9.59 Å². The lowest BCUT2D eigenvalue weighted by Gasteiger charge is -2.36. The van der Waals surface area contributed by atoms with Crippen molar-refractivity contribution < 1.29 is 4.74 Å². The third kappa shape index (κ3) is 2.33. The number of ether oxygens (including phenoxy) is 1. The molecule has 2 N–H and O–H groups in total. The molecule has 1 fully saturated rings. The Labute approximate surface area is 92.3 Å². The van der Waals surface area contributed by atoms with Crippen LogP contribution in [0.5, 0.6) is 0 Å². The molecular weight excluding hydrogens is 210 g/mol. The zero-order valence-electron chi connectivity index (χ0n) is 9.32. The number of nitrogens with one attached hydrogen (secondary N) is 2. The topological polar surface area (TPSA) is 78.2 Å². The zero-order chi connectivity index (χ0) is 11.7. The van der Waals surface area contributed by atoms with E-state index in [1.54, 1.807) is 0 Å². The zero-order valence-corrected chi connectivity index (χ0v) is 9.32. The molecular formula is C10H15N3O3. The van der Waals surface area contributed by atoms with Gasteiger partial charge in [0, 0.05) is 19.2 Å². The maximum Gasteiger partial charge on any atom is 0.327 e. The Hall–Kier alpha value is -1.56. The highest BCUT2D eigenvalue weighted by Gasteiger charge is 2.23. The van der Waals surface area contributed by atoms with Crippen LogP contribution in [0.1, 0.15) is 13.8 Å². The summed E-state index contributed by atoms with van der Waals surface area (Å²) in [7, 11) is 0. The average Bonchev–Trinajstić information content (AvgIpc) is 2.14. The first kappa shape index (κ1) is 10.9. The monoisotopic (exact) mass is 225 g/mol. The van der Waals surface area contributed by atoms with E-state index in [0.29, 0.717) is 18.9 Å². The SMILES string of the molecule is C[C@H]1CN(c2cc(=O)[nH]c(=O)[nH]2)C[C@H](C)O1. The fourth-order valence-corrected chi connectivity index (χ4v) is 2.00. The molecule has 1 aliphatic heterocycles. The maximum absolute atomic E-state index is 11.2. The quantitative estimate of drug-likeness (QED) is 0.686. The van der Waals surface area contributed by atoms with Crippen LogP contribution in [0.2, 0.25) is 0 Å². The van der Waals surface area contributed by atoms with Crippen LogP contribution in [0.3, 0.4) is 0 Å². The van der Waals surface area contributed by atoms with Crippen LogP contribution in [0.15, 0.2) is 15.7 Å². The Morgan fingerprint density at radius 2 is 1.88 bits per heavy atom. The first-order chi connectivity index (χ1) is 7.54. The van der Waals surface area contributed by atoms with E-state index >= 15 is 0 Å². The Bertz CT molecular complexity index is 440. The second kappa shape index (κ2) is 4.13. The van der Waals surface area contributed by atoms with Gasteiger partial charge in [-0.3, -0.25) is 14.8 Å². The van der Waals surface area contributed by atoms with Gasteiger partial charge in [0.2, 0.25) is 0 Å². The molecule has 6 nitrogen and oxygen atoms in total. The van der Waals surface area contributed by atoms with Gasteiger partial charge in [-0.25, -0.2) is 4.79 Å². The van der Waals surface area contributed by atoms with Crippen LogP contribution in [-0.2, 0) is 4.74 Å². The van der Waals surface area contributed by atoms with Crippen LogP contribution in [0.25, 0.3) is 0 Å². The number of H-pyrrole nitrogens is 2. The number of anilines is 1. The fraction of sp³-hybridized carbons (Fsp3) is 0.600. The van der Waals surface area contributed by atoms with Gasteiger partial charge in [-0.2, -0.15) is 0 Å². The molecule has 88 valence electrons. The summed E-state index contributed by atoms with van der Waals surface area (Å²) >= 11 is 0. The first-order valence-corrected chi connectivity index (χ1v) is 5.28. The van der Waals surface area contributed by atoms with Gasteiger partial charge in [-0.1, -0.05) is 0 Å². The highest BCUT2D eigenvalue weighted by Crippen LogP contribution is 2.15. The standard InChI is InChI=1S/C10H15N3O3/c1-6-4-13(5-7(2)16-6)8-3-9(14)12-10(15)11-8/h3,6-7H,4-5H2,1-2H3,(H2,11,12,14,15)/t6-,7-/m0/s1. The van der Waals surface area contributed by atoms with E-state index in [0.717, 1.165) is 0 Å². The minimum atomic E-state index is -0.478. The lowest BCUT2D eigenvalue weighted by atomic mass is 10.2. The van der Waals surface area contributed by atoms with Gasteiger partial charge in [0.05, 0.1) is 12.2 Å². The fourth-order valence-electron chi connectivity index (χ4n) is 2.00. The van der Waals surface area contributed by atoms with Crippen molar-refractivity contribution in [1.29, 1.82) is 0 Å². The molecule has 0 aromatic carbocycles. The summed E-state index contributed by atoms with van der Waals surface area (Å²) in [6.07, 6.45) is 0.179. The second-order valence-corrected chi connectivity index (χ2v) is 4.14. The number of nitrogens with zero attached hydrogens (tertiary/aromatic N) is 1. The van der Waals surface area contributed by atoms with Crippen LogP contribution < -0.4 is 16.1 Å². The van der Waals surface area contributed by atoms with Crippen molar-refractivity contribution in [2.45, 2.75) is 26.1 Å². The van der Waals surface area contributed by atoms with E-state index in [1.165, 1.54) is 6.07 Å². The number of hydrogen-bond acceptors (Lipinski definition) is 4. The molecule has 2 atom stereocenters. The summed E-state index contributed by atoms with van der Waals surface area (Å²) in [6, 6.07) is 1.40. The second-order valence-electron chi connectivity index (χ2n) is 4.14. The molecule has 0 radical (unpaired) electrons. The normalized spacial score (nSPS) is 25.8. The summed E-state index contributed by atoms with van der Waals surface area (Å²) in [5, 5.41) is 0. The minimum Gasteiger partial charge on any atom is -0.372 e. The minimum absolute atomic E-state index is 0.0894. The van der Waals surface area contributed by atoms with E-state index in [2.05, 4.69) is 9.97 Å². The Balaban J connectivity index is 2.29. The molecule has 2 rings (SSSR count). The Morgan fingerprint density at radius 3 is 2.44 bits per heavy atom. The molecule has 0 unspecified atom stereocenters. The third-order valence-corrected chi connectivity index (χ3v) is 2.51. The van der Waals surface area contributed by atoms with E-state index < -0.39 is 5.69 Å². The Kier molecular flexibility index (Phi) is 2.82. The number of aromatic nitrogens is 2. The molecule has 1 aromatic heterocycles. The molecule has 0 bridgehead atoms. The largest absolute Gasteiger partial charge is 0.372 e. The van der Waals surface area contributed by atoms with Crippen molar-refractivity contribution in [2.24, 2.45) is 0 Å². The Morgan fingerprint density at radius 1 is 1.25 bits per heavy atom. The van der Waals surface area contributed by atoms with Gasteiger partial charge in [0.1, 0.15) is 5.82 Å². The van der Waals surface area contributed by atoms with Gasteiger partial charge in [0.25, 0.3) is 5.56 Å². The van der Waals surface area contributed by atoms with Crippen LogP contribution >= 0.6 is 0 Å². The van der Waals surface area contributed by atoms with Crippen molar-refractivity contribution in [3.05, 3.63) is 26.9 Å². The summed E-state index contributed by atoms with van der Waals surface area (Å²) in [6.45, 7) is 5.27. The van der Waals surface area contributed by atoms with Gasteiger partial charge in [0.15, 0.2) is 0 Å². The van der Waals surface area contributed by atoms with E-state index in [4.69, 9.17) is 4.74 Å². The van der Waals surface area contributed by atoms with E-state index in [-0.39, 0.29) is 17.8 Å². The lowest BCUT2D eigenvalue weighted by molar-refractivity contribution is -0.00548. The lowest BCUT2D eigenvalue weighted by Crippen LogP contribution is -2.46. The third-order valence-electron chi connectivity index (χ3n) is 2.51. The van der Waals surface area contributed by atoms with Gasteiger partial charge >= 0.3 is 5.69 Å². The van der Waals surface area contributed by atoms with Crippen molar-refractivity contribution in [3.8, 4) is 0 Å². The number of morpholine rings is 1. The van der Waals surface area contributed by atoms with Gasteiger partial charge < -0.3 is 9.64 Å². The molecule has 16 heavy (non-hydrogen) atoms. The predicted octanol–water partition coefficient (Wildman–Crippen LogP) is -0.323. The summed E-state index contributed by atoms with van der Waals surface area (Å²) in [4.78, 5) is 29.1. The smallest absolute Gasteiger partial charge is 0.327 e. The molecule has 1 aliphatic rings. The van der Waals surface area contributed by atoms with Crippen molar-refractivity contribution in [3.63, 3.8) is 0 Å². The van der Waals surface area contributed by atoms with E-state index in [1.807, 2.05) is 18.7 Å². The number of aromatic amines is 2. The summed E-state index contributed by atoms with van der Waals surface area (Å²) in [5.74, 6) is 0.552. The molecule has 1 saturated heterocycles. The van der Waals surface area contributed by atoms with Crippen LogP contribution in [-0.4, -0.2) is 35.3 Å². The molecule has 0 amide bonds. The molecule has 0 saturated carbocycles. The molecule has 0 spiro atoms. The average molecular weight is 225 g/mol. The number of hydrogen-bond donors (Lipinski definition) is 2. The van der Waals surface area contributed by atoms with Crippen LogP contribution in [0.4, 0.5) is 5.82 Å². The van der Waals surface area contributed by atoms with Gasteiger partial charge in [-0.15, -0.1) is 0 Å². The molecule has 2 heterocycles. The van der Waals surface area contributed by atoms with Crippen molar-refractivity contribution in [2.75, 3.05) is 18.0 Å². The highest BCUT2D eigenvalue weighted by atomic mass is 16.5. The summed E-state index contributed by atoms with van der Waals surface area (Å²) in [5.41, 5.74) is -0.861. The molecule has 0 aliphatic carbocycles. The highest BCUT2D eigenvalue weighted by molar-refractivity contribution is 5.37. The first-order valence-electron chi connectivity index (χ1n) is 5.28. The molecule has 6 heteroatoms. The van der Waals surface area contributed by atoms with Crippen molar-refractivity contribution >= 4 is 5.82 Å². The van der Waals surface area contributed by atoms with Crippen molar-refractivity contribution in [1.82, 2.24) is 9.97 Å². The number of rotatable bonds is 1. The summed E-state index contributed by atoms with van der Waals surface area (Å²) < 4.78 is 5.58. The maximum atomic E-state index is 11.2.